The molecule has 0 amide bonds. The fourth-order valence-electron chi connectivity index (χ4n) is 4.46. The zero-order chi connectivity index (χ0) is 27.9. The lowest BCUT2D eigenvalue weighted by atomic mass is 10.1. The standard InChI is InChI=1S/C31H31N5O3/c1-5-9-10-21(6-2)20-35-14-13-22-15-24(11-12-28(22)35)34-31-23(18-32)19-33-27-17-30(39-25(7-3)8-4)29(36(37)38)16-26(27)31/h5-6,9-17,19,25H,2,7-8,20H2,1,3-4H3,(H,33,34)/b9-5-,21-10+. The van der Waals surface area contributed by atoms with E-state index in [0.29, 0.717) is 23.1 Å². The van der Waals surface area contributed by atoms with Gasteiger partial charge in [-0.3, -0.25) is 15.1 Å². The Morgan fingerprint density at radius 3 is 2.74 bits per heavy atom. The Morgan fingerprint density at radius 2 is 2.08 bits per heavy atom. The Morgan fingerprint density at radius 1 is 1.28 bits per heavy atom. The number of ether oxygens (including phenoxy) is 1. The fraction of sp³-hybridized carbons (Fsp3) is 0.226. The second-order valence-electron chi connectivity index (χ2n) is 9.12. The topological polar surface area (TPSA) is 106 Å². The summed E-state index contributed by atoms with van der Waals surface area (Å²) >= 11 is 0. The van der Waals surface area contributed by atoms with Crippen molar-refractivity contribution in [1.29, 1.82) is 5.26 Å². The Kier molecular flexibility index (Phi) is 8.42. The molecule has 2 heterocycles. The number of anilines is 2. The summed E-state index contributed by atoms with van der Waals surface area (Å²) in [7, 11) is 0. The van der Waals surface area contributed by atoms with Gasteiger partial charge in [-0.15, -0.1) is 0 Å². The van der Waals surface area contributed by atoms with Crippen molar-refractivity contribution in [3.05, 3.63) is 101 Å². The molecule has 0 aliphatic heterocycles. The van der Waals surface area contributed by atoms with E-state index >= 15 is 0 Å². The minimum Gasteiger partial charge on any atom is -0.483 e. The monoisotopic (exact) mass is 521 g/mol. The summed E-state index contributed by atoms with van der Waals surface area (Å²) in [4.78, 5) is 15.9. The van der Waals surface area contributed by atoms with E-state index in [1.54, 1.807) is 6.07 Å². The highest BCUT2D eigenvalue weighted by molar-refractivity contribution is 5.99. The number of allylic oxidation sites excluding steroid dienone is 5. The number of nitrogens with zero attached hydrogens (tertiary/aromatic N) is 4. The van der Waals surface area contributed by atoms with Crippen LogP contribution in [-0.2, 0) is 6.54 Å². The van der Waals surface area contributed by atoms with Gasteiger partial charge in [0.05, 0.1) is 27.8 Å². The van der Waals surface area contributed by atoms with Crippen LogP contribution in [0.3, 0.4) is 0 Å². The lowest BCUT2D eigenvalue weighted by Gasteiger charge is -2.17. The molecule has 0 bridgehead atoms. The third kappa shape index (κ3) is 5.83. The quantitative estimate of drug-likeness (QED) is 0.122. The minimum atomic E-state index is -0.461. The molecule has 2 aromatic carbocycles. The molecule has 8 nitrogen and oxygen atoms in total. The normalized spacial score (nSPS) is 11.8. The summed E-state index contributed by atoms with van der Waals surface area (Å²) in [6.45, 7) is 10.5. The second-order valence-corrected chi connectivity index (χ2v) is 9.12. The van der Waals surface area contributed by atoms with E-state index < -0.39 is 4.92 Å². The van der Waals surface area contributed by atoms with Crippen LogP contribution < -0.4 is 10.1 Å². The number of nitro groups is 1. The van der Waals surface area contributed by atoms with E-state index in [1.165, 1.54) is 12.3 Å². The molecule has 0 aliphatic rings. The molecule has 1 N–H and O–H groups in total. The van der Waals surface area contributed by atoms with Crippen LogP contribution >= 0.6 is 0 Å². The summed E-state index contributed by atoms with van der Waals surface area (Å²) in [5.41, 5.74) is 3.97. The van der Waals surface area contributed by atoms with Gasteiger partial charge in [0.1, 0.15) is 6.07 Å². The number of nitriles is 1. The molecule has 2 aromatic heterocycles. The van der Waals surface area contributed by atoms with Gasteiger partial charge < -0.3 is 14.6 Å². The summed E-state index contributed by atoms with van der Waals surface area (Å²) in [5.74, 6) is 0.175. The van der Waals surface area contributed by atoms with E-state index in [-0.39, 0.29) is 23.1 Å². The molecular formula is C31H31N5O3. The third-order valence-electron chi connectivity index (χ3n) is 6.63. The maximum atomic E-state index is 12.0. The van der Waals surface area contributed by atoms with Gasteiger partial charge in [0, 0.05) is 53.0 Å². The van der Waals surface area contributed by atoms with Crippen molar-refractivity contribution in [3.63, 3.8) is 0 Å². The van der Waals surface area contributed by atoms with Crippen molar-refractivity contribution in [2.45, 2.75) is 46.3 Å². The van der Waals surface area contributed by atoms with Crippen molar-refractivity contribution in [1.82, 2.24) is 9.55 Å². The number of aromatic nitrogens is 2. The highest BCUT2D eigenvalue weighted by Crippen LogP contribution is 2.38. The Labute approximate surface area is 227 Å². The first-order valence-corrected chi connectivity index (χ1v) is 12.9. The van der Waals surface area contributed by atoms with Crippen molar-refractivity contribution >= 4 is 38.9 Å². The van der Waals surface area contributed by atoms with E-state index in [9.17, 15) is 15.4 Å². The highest BCUT2D eigenvalue weighted by atomic mass is 16.6. The molecule has 0 spiro atoms. The van der Waals surface area contributed by atoms with Gasteiger partial charge in [-0.25, -0.2) is 0 Å². The second kappa shape index (κ2) is 12.1. The number of rotatable bonds is 11. The Hall–Kier alpha value is -4.90. The van der Waals surface area contributed by atoms with Crippen molar-refractivity contribution in [3.8, 4) is 11.8 Å². The van der Waals surface area contributed by atoms with E-state index in [4.69, 9.17) is 4.74 Å². The molecule has 4 rings (SSSR count). The molecular weight excluding hydrogens is 490 g/mol. The van der Waals surface area contributed by atoms with Crippen molar-refractivity contribution in [2.24, 2.45) is 0 Å². The highest BCUT2D eigenvalue weighted by Gasteiger charge is 2.22. The lowest BCUT2D eigenvalue weighted by molar-refractivity contribution is -0.385. The number of hydrogen-bond donors (Lipinski definition) is 1. The molecule has 0 unspecified atom stereocenters. The average molecular weight is 522 g/mol. The van der Waals surface area contributed by atoms with Gasteiger partial charge in [-0.2, -0.15) is 5.26 Å². The van der Waals surface area contributed by atoms with Gasteiger partial charge in [0.25, 0.3) is 0 Å². The van der Waals surface area contributed by atoms with Crippen LogP contribution in [0.5, 0.6) is 5.75 Å². The maximum absolute atomic E-state index is 12.0. The Bertz CT molecular complexity index is 1640. The molecule has 0 saturated heterocycles. The Balaban J connectivity index is 1.74. The number of nitro benzene ring substituents is 1. The van der Waals surface area contributed by atoms with Crippen LogP contribution in [0.25, 0.3) is 21.8 Å². The number of benzene rings is 2. The van der Waals surface area contributed by atoms with E-state index in [1.807, 2.05) is 75.5 Å². The molecule has 8 heteroatoms. The van der Waals surface area contributed by atoms with Crippen LogP contribution in [0.15, 0.2) is 85.2 Å². The van der Waals surface area contributed by atoms with E-state index in [2.05, 4.69) is 27.5 Å². The minimum absolute atomic E-state index is 0.141. The fourth-order valence-corrected chi connectivity index (χ4v) is 4.46. The average Bonchev–Trinajstić information content (AvgIpc) is 3.35. The molecule has 0 atom stereocenters. The maximum Gasteiger partial charge on any atom is 0.311 e. The summed E-state index contributed by atoms with van der Waals surface area (Å²) in [5, 5.41) is 26.6. The predicted molar refractivity (Wildman–Crippen MR) is 156 cm³/mol. The predicted octanol–water partition coefficient (Wildman–Crippen LogP) is 7.97. The first-order valence-electron chi connectivity index (χ1n) is 12.9. The number of pyridine rings is 1. The van der Waals surface area contributed by atoms with Gasteiger partial charge in [0.15, 0.2) is 5.75 Å². The third-order valence-corrected chi connectivity index (χ3v) is 6.63. The molecule has 0 radical (unpaired) electrons. The molecule has 0 fully saturated rings. The van der Waals surface area contributed by atoms with Gasteiger partial charge >= 0.3 is 5.69 Å². The SMILES string of the molecule is C=C/C(=C\C=C/C)Cn1ccc2cc(Nc3c(C#N)cnc4cc(OC(CC)CC)c([N+](=O)[O-])cc34)ccc21. The number of nitrogens with one attached hydrogen (secondary N) is 1. The summed E-state index contributed by atoms with van der Waals surface area (Å²) in [6, 6.07) is 13.1. The van der Waals surface area contributed by atoms with Gasteiger partial charge in [0.2, 0.25) is 0 Å². The van der Waals surface area contributed by atoms with Crippen LogP contribution in [0, 0.1) is 21.4 Å². The molecule has 39 heavy (non-hydrogen) atoms. The number of hydrogen-bond acceptors (Lipinski definition) is 6. The van der Waals surface area contributed by atoms with Crippen LogP contribution in [-0.4, -0.2) is 20.6 Å². The number of fused-ring (bicyclic) bond motifs is 2. The van der Waals surface area contributed by atoms with E-state index in [0.717, 1.165) is 35.0 Å². The van der Waals surface area contributed by atoms with Crippen LogP contribution in [0.1, 0.15) is 39.2 Å². The summed E-state index contributed by atoms with van der Waals surface area (Å²) in [6.07, 6.45) is 12.7. The first kappa shape index (κ1) is 27.1. The van der Waals surface area contributed by atoms with Gasteiger partial charge in [-0.1, -0.05) is 44.7 Å². The van der Waals surface area contributed by atoms with Crippen molar-refractivity contribution < 1.29 is 9.66 Å². The molecule has 0 aliphatic carbocycles. The van der Waals surface area contributed by atoms with Gasteiger partial charge in [-0.05, 0) is 49.6 Å². The zero-order valence-corrected chi connectivity index (χ0v) is 22.3. The molecule has 198 valence electrons. The molecule has 0 saturated carbocycles. The zero-order valence-electron chi connectivity index (χ0n) is 22.3. The lowest BCUT2D eigenvalue weighted by Crippen LogP contribution is -2.14. The van der Waals surface area contributed by atoms with Crippen LogP contribution in [0.4, 0.5) is 17.1 Å². The first-order chi connectivity index (χ1) is 18.9. The molecule has 4 aromatic rings. The smallest absolute Gasteiger partial charge is 0.311 e. The van der Waals surface area contributed by atoms with Crippen LogP contribution in [0.2, 0.25) is 0 Å². The summed E-state index contributed by atoms with van der Waals surface area (Å²) < 4.78 is 8.09. The largest absolute Gasteiger partial charge is 0.483 e. The van der Waals surface area contributed by atoms with Crippen molar-refractivity contribution in [2.75, 3.05) is 5.32 Å².